The lowest BCUT2D eigenvalue weighted by atomic mass is 9.85. The van der Waals surface area contributed by atoms with Gasteiger partial charge in [-0.1, -0.05) is 43.7 Å². The maximum atomic E-state index is 12.3. The second kappa shape index (κ2) is 9.45. The van der Waals surface area contributed by atoms with Crippen molar-refractivity contribution in [1.29, 1.82) is 0 Å². The summed E-state index contributed by atoms with van der Waals surface area (Å²) < 4.78 is 5.73. The molecule has 0 aromatic heterocycles. The number of hydrogen-bond donors (Lipinski definition) is 1. The van der Waals surface area contributed by atoms with Crippen LogP contribution in [0.15, 0.2) is 35.5 Å². The minimum atomic E-state index is -1.03. The lowest BCUT2D eigenvalue weighted by Crippen LogP contribution is -2.32. The molecule has 24 heavy (non-hydrogen) atoms. The van der Waals surface area contributed by atoms with Crippen LogP contribution in [0.4, 0.5) is 0 Å². The zero-order chi connectivity index (χ0) is 18.3. The van der Waals surface area contributed by atoms with Crippen LogP contribution in [0.25, 0.3) is 0 Å². The van der Waals surface area contributed by atoms with Gasteiger partial charge in [-0.05, 0) is 39.5 Å². The molecule has 1 aliphatic carbocycles. The first-order chi connectivity index (χ1) is 11.3. The molecular formula is C20H30O4. The molecule has 3 atom stereocenters. The number of ether oxygens (including phenoxy) is 1. The lowest BCUT2D eigenvalue weighted by Gasteiger charge is -2.28. The molecule has 4 heteroatoms. The molecule has 0 amide bonds. The number of aliphatic carboxylic acids is 1. The van der Waals surface area contributed by atoms with E-state index in [0.717, 1.165) is 18.4 Å². The van der Waals surface area contributed by atoms with E-state index in [4.69, 9.17) is 4.74 Å². The second-order valence-corrected chi connectivity index (χ2v) is 6.80. The highest BCUT2D eigenvalue weighted by atomic mass is 16.5. The molecule has 0 fully saturated rings. The Morgan fingerprint density at radius 2 is 2.00 bits per heavy atom. The Balaban J connectivity index is 3.14. The summed E-state index contributed by atoms with van der Waals surface area (Å²) in [5.74, 6) is -1.90. The SMILES string of the molecule is C=C(C(=O)O)[C@H]1C/C=C(\C)CC/C=C(\C)C[C@H]1OC(=O)[C@H](C)CC. The van der Waals surface area contributed by atoms with Crippen molar-refractivity contribution in [2.45, 2.75) is 65.9 Å². The molecular weight excluding hydrogens is 304 g/mol. The number of allylic oxidation sites excluding steroid dienone is 3. The van der Waals surface area contributed by atoms with Crippen LogP contribution in [0.1, 0.15) is 59.8 Å². The first-order valence-electron chi connectivity index (χ1n) is 8.70. The summed E-state index contributed by atoms with van der Waals surface area (Å²) in [6, 6.07) is 0. The molecule has 1 aliphatic rings. The maximum absolute atomic E-state index is 12.3. The monoisotopic (exact) mass is 334 g/mol. The van der Waals surface area contributed by atoms with Crippen LogP contribution in [0, 0.1) is 11.8 Å². The number of carbonyl (C=O) groups is 2. The first kappa shape index (κ1) is 20.2. The van der Waals surface area contributed by atoms with Crippen molar-refractivity contribution >= 4 is 11.9 Å². The summed E-state index contributed by atoms with van der Waals surface area (Å²) in [5, 5.41) is 9.39. The highest BCUT2D eigenvalue weighted by Gasteiger charge is 2.31. The van der Waals surface area contributed by atoms with Crippen molar-refractivity contribution in [3.63, 3.8) is 0 Å². The molecule has 1 N–H and O–H groups in total. The molecule has 0 aliphatic heterocycles. The molecule has 0 spiro atoms. The fourth-order valence-electron chi connectivity index (χ4n) is 2.75. The maximum Gasteiger partial charge on any atom is 0.331 e. The highest BCUT2D eigenvalue weighted by Crippen LogP contribution is 2.29. The summed E-state index contributed by atoms with van der Waals surface area (Å²) in [5.41, 5.74) is 2.44. The summed E-state index contributed by atoms with van der Waals surface area (Å²) in [6.07, 6.45) is 7.39. The summed E-state index contributed by atoms with van der Waals surface area (Å²) in [7, 11) is 0. The predicted octanol–water partition coefficient (Wildman–Crippen LogP) is 4.67. The van der Waals surface area contributed by atoms with Crippen molar-refractivity contribution in [3.05, 3.63) is 35.5 Å². The summed E-state index contributed by atoms with van der Waals surface area (Å²) in [4.78, 5) is 23.7. The number of carboxylic acids is 1. The van der Waals surface area contributed by atoms with Gasteiger partial charge >= 0.3 is 11.9 Å². The fraction of sp³-hybridized carbons (Fsp3) is 0.600. The van der Waals surface area contributed by atoms with Crippen LogP contribution in [-0.2, 0) is 14.3 Å². The van der Waals surface area contributed by atoms with Crippen LogP contribution >= 0.6 is 0 Å². The Morgan fingerprint density at radius 3 is 2.58 bits per heavy atom. The smallest absolute Gasteiger partial charge is 0.331 e. The molecule has 4 nitrogen and oxygen atoms in total. The normalized spacial score (nSPS) is 27.8. The van der Waals surface area contributed by atoms with Crippen LogP contribution in [0.3, 0.4) is 0 Å². The van der Waals surface area contributed by atoms with E-state index in [2.05, 4.69) is 18.7 Å². The van der Waals surface area contributed by atoms with E-state index in [1.165, 1.54) is 5.57 Å². The van der Waals surface area contributed by atoms with Gasteiger partial charge in [-0.2, -0.15) is 0 Å². The number of carbonyl (C=O) groups excluding carboxylic acids is 1. The molecule has 0 aromatic rings. The van der Waals surface area contributed by atoms with Gasteiger partial charge in [0.2, 0.25) is 0 Å². The van der Waals surface area contributed by atoms with Gasteiger partial charge in [0, 0.05) is 17.9 Å². The average molecular weight is 334 g/mol. The Hall–Kier alpha value is -1.84. The van der Waals surface area contributed by atoms with E-state index >= 15 is 0 Å². The molecule has 0 bridgehead atoms. The molecule has 0 radical (unpaired) electrons. The van der Waals surface area contributed by atoms with E-state index < -0.39 is 18.0 Å². The van der Waals surface area contributed by atoms with Crippen molar-refractivity contribution in [2.24, 2.45) is 11.8 Å². The third-order valence-electron chi connectivity index (χ3n) is 4.73. The Labute approximate surface area is 145 Å². The van der Waals surface area contributed by atoms with Crippen LogP contribution < -0.4 is 0 Å². The molecule has 0 aromatic carbocycles. The van der Waals surface area contributed by atoms with Crippen LogP contribution in [0.5, 0.6) is 0 Å². The average Bonchev–Trinajstić information content (AvgIpc) is 2.53. The number of hydrogen-bond acceptors (Lipinski definition) is 3. The molecule has 0 saturated heterocycles. The molecule has 1 rings (SSSR count). The van der Waals surface area contributed by atoms with Gasteiger partial charge in [0.05, 0.1) is 5.92 Å². The fourth-order valence-corrected chi connectivity index (χ4v) is 2.75. The van der Waals surface area contributed by atoms with Gasteiger partial charge in [-0.25, -0.2) is 4.79 Å². The first-order valence-corrected chi connectivity index (χ1v) is 8.70. The molecule has 0 saturated carbocycles. The van der Waals surface area contributed by atoms with Gasteiger partial charge in [0.1, 0.15) is 6.10 Å². The third-order valence-corrected chi connectivity index (χ3v) is 4.73. The predicted molar refractivity (Wildman–Crippen MR) is 95.6 cm³/mol. The Bertz CT molecular complexity index is 542. The second-order valence-electron chi connectivity index (χ2n) is 6.80. The van der Waals surface area contributed by atoms with Crippen LogP contribution in [0.2, 0.25) is 0 Å². The van der Waals surface area contributed by atoms with Gasteiger partial charge in [0.25, 0.3) is 0 Å². The zero-order valence-electron chi connectivity index (χ0n) is 15.3. The van der Waals surface area contributed by atoms with Crippen molar-refractivity contribution < 1.29 is 19.4 Å². The quantitative estimate of drug-likeness (QED) is 0.451. The third kappa shape index (κ3) is 5.99. The van der Waals surface area contributed by atoms with Gasteiger partial charge < -0.3 is 9.84 Å². The van der Waals surface area contributed by atoms with Gasteiger partial charge in [-0.3, -0.25) is 4.79 Å². The van der Waals surface area contributed by atoms with E-state index in [-0.39, 0.29) is 17.5 Å². The number of carboxylic acid groups (broad SMARTS) is 1. The standard InChI is InChI=1S/C20H30O4/c1-6-15(4)20(23)24-18-12-14(3)9-7-8-13(2)10-11-17(18)16(5)19(21)22/h9-10,15,17-18H,5-8,11-12H2,1-4H3,(H,21,22)/b13-10+,14-9+/t15-,17-,18-/m1/s1. The minimum Gasteiger partial charge on any atom is -0.478 e. The van der Waals surface area contributed by atoms with E-state index in [1.807, 2.05) is 27.7 Å². The van der Waals surface area contributed by atoms with Crippen LogP contribution in [-0.4, -0.2) is 23.1 Å². The summed E-state index contributed by atoms with van der Waals surface area (Å²) in [6.45, 7) is 11.6. The Morgan fingerprint density at radius 1 is 1.33 bits per heavy atom. The zero-order valence-corrected chi connectivity index (χ0v) is 15.3. The van der Waals surface area contributed by atoms with Crippen molar-refractivity contribution in [1.82, 2.24) is 0 Å². The number of rotatable bonds is 5. The largest absolute Gasteiger partial charge is 0.478 e. The lowest BCUT2D eigenvalue weighted by molar-refractivity contribution is -0.156. The highest BCUT2D eigenvalue weighted by molar-refractivity contribution is 5.86. The van der Waals surface area contributed by atoms with Gasteiger partial charge in [0.15, 0.2) is 0 Å². The molecule has 134 valence electrons. The summed E-state index contributed by atoms with van der Waals surface area (Å²) >= 11 is 0. The number of esters is 1. The van der Waals surface area contributed by atoms with Crippen molar-refractivity contribution in [3.8, 4) is 0 Å². The van der Waals surface area contributed by atoms with E-state index in [1.54, 1.807) is 0 Å². The topological polar surface area (TPSA) is 63.6 Å². The van der Waals surface area contributed by atoms with Crippen molar-refractivity contribution in [2.75, 3.05) is 0 Å². The molecule has 0 unspecified atom stereocenters. The molecule has 0 heterocycles. The van der Waals surface area contributed by atoms with E-state index in [9.17, 15) is 14.7 Å². The van der Waals surface area contributed by atoms with E-state index in [0.29, 0.717) is 19.3 Å². The minimum absolute atomic E-state index is 0.106. The Kier molecular flexibility index (Phi) is 7.96. The van der Waals surface area contributed by atoms with Gasteiger partial charge in [-0.15, -0.1) is 0 Å².